The van der Waals surface area contributed by atoms with Crippen molar-refractivity contribution in [1.29, 1.82) is 0 Å². The van der Waals surface area contributed by atoms with Gasteiger partial charge in [0, 0.05) is 10.6 Å². The summed E-state index contributed by atoms with van der Waals surface area (Å²) in [5, 5.41) is 11.7. The van der Waals surface area contributed by atoms with Gasteiger partial charge in [-0.05, 0) is 23.6 Å². The maximum absolute atomic E-state index is 11.0. The summed E-state index contributed by atoms with van der Waals surface area (Å²) in [6, 6.07) is 6.58. The molecule has 5 heteroatoms. The Balaban J connectivity index is 2.59. The van der Waals surface area contributed by atoms with Gasteiger partial charge in [0.05, 0.1) is 15.5 Å². The molecule has 0 saturated heterocycles. The number of thiophene rings is 1. The van der Waals surface area contributed by atoms with Crippen LogP contribution in [0.1, 0.15) is 10.4 Å². The van der Waals surface area contributed by atoms with Gasteiger partial charge >= 0.3 is 5.97 Å². The molecule has 2 rings (SSSR count). The van der Waals surface area contributed by atoms with Crippen LogP contribution < -0.4 is 0 Å². The van der Waals surface area contributed by atoms with Crippen LogP contribution in [-0.2, 0) is 0 Å². The van der Waals surface area contributed by atoms with E-state index in [0.717, 1.165) is 0 Å². The highest BCUT2D eigenvalue weighted by Gasteiger charge is 2.15. The van der Waals surface area contributed by atoms with E-state index in [2.05, 4.69) is 0 Å². The van der Waals surface area contributed by atoms with Crippen LogP contribution in [0.15, 0.2) is 29.6 Å². The Labute approximate surface area is 106 Å². The van der Waals surface area contributed by atoms with Gasteiger partial charge in [-0.15, -0.1) is 11.3 Å². The predicted molar refractivity (Wildman–Crippen MR) is 66.7 cm³/mol. The molecule has 0 fully saturated rings. The lowest BCUT2D eigenvalue weighted by atomic mass is 10.1. The number of hydrogen-bond acceptors (Lipinski definition) is 2. The number of aromatic carboxylic acids is 1. The van der Waals surface area contributed by atoms with Crippen LogP contribution in [0.3, 0.4) is 0 Å². The highest BCUT2D eigenvalue weighted by Crippen LogP contribution is 2.35. The lowest BCUT2D eigenvalue weighted by Gasteiger charge is -2.03. The molecule has 2 nitrogen and oxygen atoms in total. The predicted octanol–water partition coefficient (Wildman–Crippen LogP) is 4.42. The molecule has 1 heterocycles. The average Bonchev–Trinajstić information content (AvgIpc) is 2.66. The lowest BCUT2D eigenvalue weighted by Crippen LogP contribution is -1.95. The minimum atomic E-state index is -0.956. The van der Waals surface area contributed by atoms with Crippen molar-refractivity contribution in [3.05, 3.63) is 45.3 Å². The number of carbonyl (C=O) groups is 1. The fourth-order valence-corrected chi connectivity index (χ4v) is 2.85. The molecule has 0 aliphatic carbocycles. The zero-order valence-electron chi connectivity index (χ0n) is 7.91. The van der Waals surface area contributed by atoms with Crippen LogP contribution in [0.25, 0.3) is 10.4 Å². The largest absolute Gasteiger partial charge is 0.478 e. The van der Waals surface area contributed by atoms with Gasteiger partial charge in [0.2, 0.25) is 0 Å². The molecule has 0 bridgehead atoms. The molecule has 82 valence electrons. The third kappa shape index (κ3) is 2.07. The van der Waals surface area contributed by atoms with E-state index < -0.39 is 5.97 Å². The monoisotopic (exact) mass is 272 g/mol. The van der Waals surface area contributed by atoms with Crippen LogP contribution in [0.5, 0.6) is 0 Å². The van der Waals surface area contributed by atoms with E-state index in [1.54, 1.807) is 29.6 Å². The van der Waals surface area contributed by atoms with Crippen LogP contribution in [0.2, 0.25) is 10.0 Å². The van der Waals surface area contributed by atoms with Gasteiger partial charge < -0.3 is 5.11 Å². The third-order valence-corrected chi connectivity index (χ3v) is 3.57. The van der Waals surface area contributed by atoms with E-state index >= 15 is 0 Å². The van der Waals surface area contributed by atoms with E-state index in [-0.39, 0.29) is 5.56 Å². The maximum Gasteiger partial charge on any atom is 0.337 e. The summed E-state index contributed by atoms with van der Waals surface area (Å²) in [6.07, 6.45) is 0. The Morgan fingerprint density at radius 3 is 2.62 bits per heavy atom. The molecule has 1 aromatic heterocycles. The van der Waals surface area contributed by atoms with Gasteiger partial charge in [-0.3, -0.25) is 0 Å². The molecule has 0 aliphatic rings. The number of carboxylic acid groups (broad SMARTS) is 1. The zero-order chi connectivity index (χ0) is 11.7. The van der Waals surface area contributed by atoms with Crippen molar-refractivity contribution in [2.45, 2.75) is 0 Å². The molecule has 0 aliphatic heterocycles. The summed E-state index contributed by atoms with van der Waals surface area (Å²) in [5.74, 6) is -0.956. The molecule has 0 amide bonds. The topological polar surface area (TPSA) is 37.3 Å². The summed E-state index contributed by atoms with van der Waals surface area (Å²) in [6.45, 7) is 0. The van der Waals surface area contributed by atoms with E-state index in [9.17, 15) is 4.79 Å². The van der Waals surface area contributed by atoms with Crippen LogP contribution >= 0.6 is 34.5 Å². The number of halogens is 2. The molecule has 0 atom stereocenters. The maximum atomic E-state index is 11.0. The summed E-state index contributed by atoms with van der Waals surface area (Å²) in [7, 11) is 0. The fourth-order valence-electron chi connectivity index (χ4n) is 1.36. The van der Waals surface area contributed by atoms with Gasteiger partial charge in [-0.1, -0.05) is 29.3 Å². The standard InChI is InChI=1S/C11H6Cl2O2S/c12-6-1-2-7(9(13)5-6)10-8(11(14)15)3-4-16-10/h1-5H,(H,14,15). The van der Waals surface area contributed by atoms with Crippen molar-refractivity contribution in [3.8, 4) is 10.4 Å². The van der Waals surface area contributed by atoms with Crippen molar-refractivity contribution in [1.82, 2.24) is 0 Å². The molecule has 0 spiro atoms. The zero-order valence-corrected chi connectivity index (χ0v) is 10.2. The Morgan fingerprint density at radius 2 is 2.00 bits per heavy atom. The Morgan fingerprint density at radius 1 is 1.25 bits per heavy atom. The molecule has 0 saturated carbocycles. The van der Waals surface area contributed by atoms with Crippen LogP contribution in [0, 0.1) is 0 Å². The number of hydrogen-bond donors (Lipinski definition) is 1. The Hall–Kier alpha value is -1.03. The summed E-state index contributed by atoms with van der Waals surface area (Å²) < 4.78 is 0. The second kappa shape index (κ2) is 4.45. The van der Waals surface area contributed by atoms with Gasteiger partial charge in [-0.2, -0.15) is 0 Å². The van der Waals surface area contributed by atoms with E-state index in [1.807, 2.05) is 0 Å². The highest BCUT2D eigenvalue weighted by molar-refractivity contribution is 7.14. The number of benzene rings is 1. The SMILES string of the molecule is O=C(O)c1ccsc1-c1ccc(Cl)cc1Cl. The van der Waals surface area contributed by atoms with E-state index in [4.69, 9.17) is 28.3 Å². The first-order valence-electron chi connectivity index (χ1n) is 4.36. The van der Waals surface area contributed by atoms with Crippen LogP contribution in [-0.4, -0.2) is 11.1 Å². The molecule has 16 heavy (non-hydrogen) atoms. The highest BCUT2D eigenvalue weighted by atomic mass is 35.5. The molecule has 1 N–H and O–H groups in total. The van der Waals surface area contributed by atoms with Gasteiger partial charge in [0.25, 0.3) is 0 Å². The number of rotatable bonds is 2. The molecule has 0 radical (unpaired) electrons. The molecule has 1 aromatic carbocycles. The second-order valence-corrected chi connectivity index (χ2v) is 4.85. The first-order chi connectivity index (χ1) is 7.59. The van der Waals surface area contributed by atoms with Crippen molar-refractivity contribution < 1.29 is 9.90 Å². The van der Waals surface area contributed by atoms with E-state index in [0.29, 0.717) is 20.5 Å². The molecular weight excluding hydrogens is 267 g/mol. The Bertz CT molecular complexity index is 549. The van der Waals surface area contributed by atoms with Gasteiger partial charge in [0.15, 0.2) is 0 Å². The smallest absolute Gasteiger partial charge is 0.337 e. The van der Waals surface area contributed by atoms with Gasteiger partial charge in [-0.25, -0.2) is 4.79 Å². The fraction of sp³-hybridized carbons (Fsp3) is 0. The lowest BCUT2D eigenvalue weighted by molar-refractivity contribution is 0.0698. The van der Waals surface area contributed by atoms with Crippen molar-refractivity contribution in [3.63, 3.8) is 0 Å². The summed E-state index contributed by atoms with van der Waals surface area (Å²) in [4.78, 5) is 11.6. The first-order valence-corrected chi connectivity index (χ1v) is 5.99. The minimum Gasteiger partial charge on any atom is -0.478 e. The van der Waals surface area contributed by atoms with E-state index in [1.165, 1.54) is 11.3 Å². The van der Waals surface area contributed by atoms with Crippen molar-refractivity contribution >= 4 is 40.5 Å². The molecular formula is C11H6Cl2O2S. The van der Waals surface area contributed by atoms with Crippen molar-refractivity contribution in [2.75, 3.05) is 0 Å². The minimum absolute atomic E-state index is 0.259. The molecule has 2 aromatic rings. The molecule has 0 unspecified atom stereocenters. The second-order valence-electron chi connectivity index (χ2n) is 3.09. The average molecular weight is 273 g/mol. The van der Waals surface area contributed by atoms with Crippen molar-refractivity contribution in [2.24, 2.45) is 0 Å². The summed E-state index contributed by atoms with van der Waals surface area (Å²) >= 11 is 13.2. The normalized spacial score (nSPS) is 10.4. The Kier molecular flexibility index (Phi) is 3.19. The first kappa shape index (κ1) is 11.5. The summed E-state index contributed by atoms with van der Waals surface area (Å²) in [5.41, 5.74) is 0.952. The van der Waals surface area contributed by atoms with Crippen LogP contribution in [0.4, 0.5) is 0 Å². The van der Waals surface area contributed by atoms with Gasteiger partial charge in [0.1, 0.15) is 0 Å². The quantitative estimate of drug-likeness (QED) is 0.879. The number of carboxylic acids is 1. The third-order valence-electron chi connectivity index (χ3n) is 2.07.